The zero-order chi connectivity index (χ0) is 16.8. The van der Waals surface area contributed by atoms with Crippen LogP contribution in [0.15, 0.2) is 36.7 Å². The second-order valence-electron chi connectivity index (χ2n) is 6.00. The molecule has 1 aromatic carbocycles. The van der Waals surface area contributed by atoms with Crippen molar-refractivity contribution in [2.75, 3.05) is 5.32 Å². The molecule has 0 radical (unpaired) electrons. The van der Waals surface area contributed by atoms with E-state index in [1.807, 2.05) is 44.4 Å². The molecule has 0 spiro atoms. The van der Waals surface area contributed by atoms with Crippen LogP contribution in [-0.4, -0.2) is 21.9 Å². The van der Waals surface area contributed by atoms with Crippen molar-refractivity contribution in [2.45, 2.75) is 39.4 Å². The number of carbonyl (C=O) groups excluding carboxylic acids is 1. The van der Waals surface area contributed by atoms with E-state index in [9.17, 15) is 4.79 Å². The third-order valence-electron chi connectivity index (χ3n) is 3.41. The molecule has 0 fully saturated rings. The first kappa shape index (κ1) is 16.9. The van der Waals surface area contributed by atoms with E-state index < -0.39 is 0 Å². The third kappa shape index (κ3) is 5.32. The number of aryl methyl sites for hydroxylation is 1. The van der Waals surface area contributed by atoms with Crippen LogP contribution < -0.4 is 16.0 Å². The zero-order valence-electron chi connectivity index (χ0n) is 14.1. The normalized spacial score (nSPS) is 12.0. The van der Waals surface area contributed by atoms with Gasteiger partial charge < -0.3 is 16.0 Å². The van der Waals surface area contributed by atoms with E-state index in [1.165, 1.54) is 0 Å². The Balaban J connectivity index is 1.84. The summed E-state index contributed by atoms with van der Waals surface area (Å²) in [7, 11) is 1.86. The van der Waals surface area contributed by atoms with Crippen LogP contribution in [0, 0.1) is 0 Å². The summed E-state index contributed by atoms with van der Waals surface area (Å²) in [6.07, 6.45) is 3.65. The van der Waals surface area contributed by atoms with Gasteiger partial charge in [0.2, 0.25) is 0 Å². The number of carbonyl (C=O) groups is 1. The van der Waals surface area contributed by atoms with Crippen molar-refractivity contribution >= 4 is 11.7 Å². The molecule has 0 aliphatic carbocycles. The van der Waals surface area contributed by atoms with E-state index in [1.54, 1.807) is 10.9 Å². The third-order valence-corrected chi connectivity index (χ3v) is 3.41. The number of urea groups is 1. The Morgan fingerprint density at radius 3 is 2.74 bits per heavy atom. The van der Waals surface area contributed by atoms with Crippen LogP contribution in [0.25, 0.3) is 0 Å². The number of benzene rings is 1. The fourth-order valence-electron chi connectivity index (χ4n) is 2.28. The standard InChI is InChI=1S/C17H25N5O/c1-12(2)20-16-7-5-6-14(8-16)9-18-17(23)21-13(3)15-10-19-22(4)11-15/h5-8,10-13,20H,9H2,1-4H3,(H2,18,21,23). The van der Waals surface area contributed by atoms with Gasteiger partial charge in [-0.3, -0.25) is 4.68 Å². The molecule has 0 aliphatic heterocycles. The van der Waals surface area contributed by atoms with Gasteiger partial charge in [0.05, 0.1) is 12.2 Å². The molecule has 0 bridgehead atoms. The van der Waals surface area contributed by atoms with Gasteiger partial charge >= 0.3 is 6.03 Å². The average Bonchev–Trinajstić information content (AvgIpc) is 2.91. The van der Waals surface area contributed by atoms with E-state index in [0.717, 1.165) is 16.8 Å². The summed E-state index contributed by atoms with van der Waals surface area (Å²) >= 11 is 0. The van der Waals surface area contributed by atoms with Gasteiger partial charge in [0, 0.05) is 37.1 Å². The minimum absolute atomic E-state index is 0.0855. The lowest BCUT2D eigenvalue weighted by Gasteiger charge is -2.14. The van der Waals surface area contributed by atoms with E-state index in [-0.39, 0.29) is 12.1 Å². The van der Waals surface area contributed by atoms with Crippen molar-refractivity contribution < 1.29 is 4.79 Å². The lowest BCUT2D eigenvalue weighted by atomic mass is 10.2. The monoisotopic (exact) mass is 315 g/mol. The Kier molecular flexibility index (Phi) is 5.62. The first-order valence-electron chi connectivity index (χ1n) is 7.82. The number of nitrogens with one attached hydrogen (secondary N) is 3. The predicted molar refractivity (Wildman–Crippen MR) is 92.2 cm³/mol. The van der Waals surface area contributed by atoms with Crippen LogP contribution >= 0.6 is 0 Å². The lowest BCUT2D eigenvalue weighted by molar-refractivity contribution is 0.237. The lowest BCUT2D eigenvalue weighted by Crippen LogP contribution is -2.36. The molecule has 124 valence electrons. The molecule has 3 N–H and O–H groups in total. The van der Waals surface area contributed by atoms with Gasteiger partial charge in [0.25, 0.3) is 0 Å². The minimum Gasteiger partial charge on any atom is -0.383 e. The highest BCUT2D eigenvalue weighted by molar-refractivity contribution is 5.74. The number of hydrogen-bond donors (Lipinski definition) is 3. The van der Waals surface area contributed by atoms with Crippen molar-refractivity contribution in [1.29, 1.82) is 0 Å². The number of anilines is 1. The molecular weight excluding hydrogens is 290 g/mol. The SMILES string of the molecule is CC(C)Nc1cccc(CNC(=O)NC(C)c2cnn(C)c2)c1. The molecule has 1 aromatic heterocycles. The maximum atomic E-state index is 12.0. The Morgan fingerprint density at radius 1 is 1.30 bits per heavy atom. The summed E-state index contributed by atoms with van der Waals surface area (Å²) < 4.78 is 1.72. The largest absolute Gasteiger partial charge is 0.383 e. The first-order chi connectivity index (χ1) is 10.9. The molecule has 0 aliphatic rings. The zero-order valence-corrected chi connectivity index (χ0v) is 14.1. The Morgan fingerprint density at radius 2 is 2.09 bits per heavy atom. The van der Waals surface area contributed by atoms with Crippen LogP contribution in [-0.2, 0) is 13.6 Å². The van der Waals surface area contributed by atoms with Gasteiger partial charge in [0.15, 0.2) is 0 Å². The Labute approximate surface area is 137 Å². The number of hydrogen-bond acceptors (Lipinski definition) is 3. The summed E-state index contributed by atoms with van der Waals surface area (Å²) in [5, 5.41) is 13.3. The van der Waals surface area contributed by atoms with Crippen molar-refractivity contribution in [1.82, 2.24) is 20.4 Å². The summed E-state index contributed by atoms with van der Waals surface area (Å²) in [5.74, 6) is 0. The van der Waals surface area contributed by atoms with Crippen molar-refractivity contribution in [3.8, 4) is 0 Å². The van der Waals surface area contributed by atoms with Crippen LogP contribution in [0.5, 0.6) is 0 Å². The number of rotatable bonds is 6. The van der Waals surface area contributed by atoms with Gasteiger partial charge in [-0.15, -0.1) is 0 Å². The Bertz CT molecular complexity index is 650. The second kappa shape index (κ2) is 7.67. The average molecular weight is 315 g/mol. The topological polar surface area (TPSA) is 71.0 Å². The van der Waals surface area contributed by atoms with Crippen molar-refractivity contribution in [3.63, 3.8) is 0 Å². The van der Waals surface area contributed by atoms with Crippen LogP contribution in [0.3, 0.4) is 0 Å². The molecule has 0 saturated carbocycles. The highest BCUT2D eigenvalue weighted by Gasteiger charge is 2.10. The highest BCUT2D eigenvalue weighted by atomic mass is 16.2. The summed E-state index contributed by atoms with van der Waals surface area (Å²) in [4.78, 5) is 12.0. The maximum absolute atomic E-state index is 12.0. The number of nitrogens with zero attached hydrogens (tertiary/aromatic N) is 2. The van der Waals surface area contributed by atoms with Crippen molar-refractivity contribution in [2.24, 2.45) is 7.05 Å². The van der Waals surface area contributed by atoms with Gasteiger partial charge in [-0.05, 0) is 38.5 Å². The fourth-order valence-corrected chi connectivity index (χ4v) is 2.28. The fraction of sp³-hybridized carbons (Fsp3) is 0.412. The van der Waals surface area contributed by atoms with Gasteiger partial charge in [-0.1, -0.05) is 12.1 Å². The van der Waals surface area contributed by atoms with E-state index in [4.69, 9.17) is 0 Å². The predicted octanol–water partition coefficient (Wildman–Crippen LogP) is 2.80. The van der Waals surface area contributed by atoms with Gasteiger partial charge in [-0.25, -0.2) is 4.79 Å². The quantitative estimate of drug-likeness (QED) is 0.767. The Hall–Kier alpha value is -2.50. The van der Waals surface area contributed by atoms with Gasteiger partial charge in [0.1, 0.15) is 0 Å². The molecule has 23 heavy (non-hydrogen) atoms. The second-order valence-corrected chi connectivity index (χ2v) is 6.00. The summed E-state index contributed by atoms with van der Waals surface area (Å²) in [6, 6.07) is 8.15. The van der Waals surface area contributed by atoms with Gasteiger partial charge in [-0.2, -0.15) is 5.10 Å². The van der Waals surface area contributed by atoms with E-state index in [0.29, 0.717) is 12.6 Å². The molecule has 6 nitrogen and oxygen atoms in total. The molecule has 2 aromatic rings. The minimum atomic E-state index is -0.191. The van der Waals surface area contributed by atoms with Crippen molar-refractivity contribution in [3.05, 3.63) is 47.8 Å². The number of aromatic nitrogens is 2. The molecule has 1 heterocycles. The molecule has 1 atom stereocenters. The molecule has 2 amide bonds. The molecule has 1 unspecified atom stereocenters. The van der Waals surface area contributed by atoms with E-state index in [2.05, 4.69) is 34.9 Å². The van der Waals surface area contributed by atoms with Crippen LogP contribution in [0.4, 0.5) is 10.5 Å². The molecule has 2 rings (SSSR count). The maximum Gasteiger partial charge on any atom is 0.315 e. The van der Waals surface area contributed by atoms with E-state index >= 15 is 0 Å². The molecule has 0 saturated heterocycles. The molecular formula is C17H25N5O. The first-order valence-corrected chi connectivity index (χ1v) is 7.82. The number of amides is 2. The summed E-state index contributed by atoms with van der Waals surface area (Å²) in [6.45, 7) is 6.61. The summed E-state index contributed by atoms with van der Waals surface area (Å²) in [5.41, 5.74) is 3.09. The smallest absolute Gasteiger partial charge is 0.315 e. The molecule has 6 heteroatoms. The van der Waals surface area contributed by atoms with Crippen LogP contribution in [0.2, 0.25) is 0 Å². The highest BCUT2D eigenvalue weighted by Crippen LogP contribution is 2.12. The van der Waals surface area contributed by atoms with Crippen LogP contribution in [0.1, 0.15) is 37.9 Å².